The van der Waals surface area contributed by atoms with Gasteiger partial charge in [0.15, 0.2) is 0 Å². The van der Waals surface area contributed by atoms with Gasteiger partial charge in [-0.2, -0.15) is 47.9 Å². The Morgan fingerprint density at radius 1 is 0.783 bits per heavy atom. The van der Waals surface area contributed by atoms with Crippen molar-refractivity contribution in [3.05, 3.63) is 30.3 Å². The molecule has 0 saturated heterocycles. The molecule has 1 unspecified atom stereocenters. The van der Waals surface area contributed by atoms with E-state index in [-0.39, 0.29) is 0 Å². The maximum absolute atomic E-state index is 13.0. The van der Waals surface area contributed by atoms with Gasteiger partial charge in [-0.3, -0.25) is 0 Å². The first-order chi connectivity index (χ1) is 10.2. The predicted molar refractivity (Wildman–Crippen MR) is 57.2 cm³/mol. The first-order valence-electron chi connectivity index (χ1n) is 5.27. The van der Waals surface area contributed by atoms with Gasteiger partial charge in [-0.1, -0.05) is 18.2 Å². The highest BCUT2D eigenvalue weighted by Crippen LogP contribution is 2.53. The smallest absolute Gasteiger partial charge is 0.380 e. The number of alkyl halides is 9. The highest BCUT2D eigenvalue weighted by molar-refractivity contribution is 7.75. The summed E-state index contributed by atoms with van der Waals surface area (Å²) >= 11 is -3.78. The second kappa shape index (κ2) is 6.19. The highest BCUT2D eigenvalue weighted by atomic mass is 32.2. The van der Waals surface area contributed by atoms with Gasteiger partial charge in [0.1, 0.15) is 5.75 Å². The topological polar surface area (TPSA) is 35.5 Å². The van der Waals surface area contributed by atoms with Crippen LogP contribution in [0.4, 0.5) is 39.5 Å². The second-order valence-corrected chi connectivity index (χ2v) is 4.59. The van der Waals surface area contributed by atoms with E-state index in [0.29, 0.717) is 0 Å². The Bertz CT molecular complexity index is 558. The highest BCUT2D eigenvalue weighted by Gasteiger charge is 2.83. The zero-order valence-corrected chi connectivity index (χ0v) is 11.2. The molecule has 0 aliphatic carbocycles. The van der Waals surface area contributed by atoms with Gasteiger partial charge in [0.05, 0.1) is 0 Å². The van der Waals surface area contributed by atoms with Crippen LogP contribution in [0.3, 0.4) is 0 Å². The summed E-state index contributed by atoms with van der Waals surface area (Å²) in [5.41, 5.74) is 0. The van der Waals surface area contributed by atoms with Crippen LogP contribution in [0.1, 0.15) is 0 Å². The Kier molecular flexibility index (Phi) is 5.26. The number of rotatable bonds is 6. The van der Waals surface area contributed by atoms with E-state index in [1.54, 1.807) is 0 Å². The molecule has 0 aliphatic rings. The summed E-state index contributed by atoms with van der Waals surface area (Å²) < 4.78 is 130. The Hall–Kier alpha value is -1.50. The van der Waals surface area contributed by atoms with Crippen molar-refractivity contribution in [2.45, 2.75) is 24.1 Å². The van der Waals surface area contributed by atoms with Crippen molar-refractivity contribution in [3.8, 4) is 5.75 Å². The van der Waals surface area contributed by atoms with Crippen LogP contribution in [0, 0.1) is 0 Å². The Labute approximate surface area is 124 Å². The molecule has 0 aliphatic heterocycles. The molecule has 0 bridgehead atoms. The van der Waals surface area contributed by atoms with Crippen LogP contribution in [0.2, 0.25) is 0 Å². The molecule has 0 fully saturated rings. The molecule has 1 rings (SSSR count). The largest absolute Gasteiger partial charge is 0.460 e. The van der Waals surface area contributed by atoms with Gasteiger partial charge in [-0.25, -0.2) is 0 Å². The number of hydrogen-bond acceptors (Lipinski definition) is 3. The van der Waals surface area contributed by atoms with E-state index < -0.39 is 41.2 Å². The van der Waals surface area contributed by atoms with Gasteiger partial charge in [-0.05, 0) is 12.1 Å². The number of benzene rings is 1. The van der Waals surface area contributed by atoms with Gasteiger partial charge in [-0.15, -0.1) is 0 Å². The molecule has 0 radical (unpaired) electrons. The molecule has 0 spiro atoms. The standard InChI is InChI=1S/C10H5F9O3S/c11-7(12,9(15,16)17)8(13,14)10(18,19)22-23(20)21-6-4-2-1-3-5-6/h1-5H. The fraction of sp³-hybridized carbons (Fsp3) is 0.400. The van der Waals surface area contributed by atoms with Crippen LogP contribution in [-0.4, -0.2) is 28.3 Å². The Morgan fingerprint density at radius 3 is 1.70 bits per heavy atom. The molecule has 0 amide bonds. The minimum absolute atomic E-state index is 0.451. The quantitative estimate of drug-likeness (QED) is 0.702. The van der Waals surface area contributed by atoms with Crippen molar-refractivity contribution in [1.82, 2.24) is 0 Å². The third kappa shape index (κ3) is 3.88. The van der Waals surface area contributed by atoms with Gasteiger partial charge >= 0.3 is 35.5 Å². The van der Waals surface area contributed by atoms with E-state index in [2.05, 4.69) is 8.37 Å². The van der Waals surface area contributed by atoms with Crippen LogP contribution in [0.25, 0.3) is 0 Å². The third-order valence-corrected chi connectivity index (χ3v) is 2.87. The average molecular weight is 376 g/mol. The summed E-state index contributed by atoms with van der Waals surface area (Å²) in [5.74, 6) is -14.6. The minimum atomic E-state index is -7.14. The SMILES string of the molecule is O=S(Oc1ccccc1)OC(F)(F)C(F)(F)C(F)(F)C(F)(F)F. The van der Waals surface area contributed by atoms with Gasteiger partial charge in [0.25, 0.3) is 0 Å². The van der Waals surface area contributed by atoms with Crippen molar-refractivity contribution >= 4 is 11.4 Å². The molecule has 1 atom stereocenters. The summed E-state index contributed by atoms with van der Waals surface area (Å²) in [5, 5.41) is 0. The second-order valence-electron chi connectivity index (χ2n) is 3.85. The number of para-hydroxylation sites is 1. The Balaban J connectivity index is 2.95. The molecule has 0 N–H and O–H groups in total. The minimum Gasteiger partial charge on any atom is -0.380 e. The van der Waals surface area contributed by atoms with Gasteiger partial charge in [0, 0.05) is 0 Å². The molecular formula is C10H5F9O3S. The zero-order valence-electron chi connectivity index (χ0n) is 10.4. The van der Waals surface area contributed by atoms with E-state index >= 15 is 0 Å². The van der Waals surface area contributed by atoms with Crippen LogP contribution in [-0.2, 0) is 15.5 Å². The normalized spacial score (nSPS) is 15.3. The van der Waals surface area contributed by atoms with Crippen molar-refractivity contribution in [3.63, 3.8) is 0 Å². The number of hydrogen-bond donors (Lipinski definition) is 0. The summed E-state index contributed by atoms with van der Waals surface area (Å²) in [6.45, 7) is 0. The molecule has 132 valence electrons. The van der Waals surface area contributed by atoms with Crippen LogP contribution < -0.4 is 4.18 Å². The summed E-state index contributed by atoms with van der Waals surface area (Å²) in [4.78, 5) is 0. The van der Waals surface area contributed by atoms with Gasteiger partial charge in [0.2, 0.25) is 0 Å². The maximum Gasteiger partial charge on any atom is 0.460 e. The molecule has 23 heavy (non-hydrogen) atoms. The van der Waals surface area contributed by atoms with Gasteiger partial charge < -0.3 is 4.18 Å². The summed E-state index contributed by atoms with van der Waals surface area (Å²) in [6.07, 6.45) is -13.4. The van der Waals surface area contributed by atoms with Crippen molar-refractivity contribution in [1.29, 1.82) is 0 Å². The molecule has 0 heterocycles. The monoisotopic (exact) mass is 376 g/mol. The maximum atomic E-state index is 13.0. The van der Waals surface area contributed by atoms with Crippen molar-refractivity contribution in [2.24, 2.45) is 0 Å². The van der Waals surface area contributed by atoms with Crippen molar-refractivity contribution in [2.75, 3.05) is 0 Å². The first-order valence-corrected chi connectivity index (χ1v) is 6.27. The molecule has 13 heteroatoms. The first kappa shape index (κ1) is 19.5. The van der Waals surface area contributed by atoms with E-state index in [9.17, 15) is 43.7 Å². The van der Waals surface area contributed by atoms with E-state index in [4.69, 9.17) is 0 Å². The molecular weight excluding hydrogens is 371 g/mol. The lowest BCUT2D eigenvalue weighted by Crippen LogP contribution is -2.61. The lowest BCUT2D eigenvalue weighted by molar-refractivity contribution is -0.428. The number of halogens is 9. The van der Waals surface area contributed by atoms with Crippen molar-refractivity contribution < 1.29 is 52.1 Å². The van der Waals surface area contributed by atoms with Crippen LogP contribution >= 0.6 is 0 Å². The van der Waals surface area contributed by atoms with E-state index in [1.165, 1.54) is 18.2 Å². The summed E-state index contributed by atoms with van der Waals surface area (Å²) in [6, 6.07) is 5.86. The zero-order chi connectivity index (χ0) is 18.1. The fourth-order valence-corrected chi connectivity index (χ4v) is 1.65. The molecule has 1 aromatic rings. The summed E-state index contributed by atoms with van der Waals surface area (Å²) in [7, 11) is 0. The van der Waals surface area contributed by atoms with E-state index in [0.717, 1.165) is 12.1 Å². The third-order valence-electron chi connectivity index (χ3n) is 2.20. The average Bonchev–Trinajstić information content (AvgIpc) is 2.37. The van der Waals surface area contributed by atoms with E-state index in [1.807, 2.05) is 0 Å². The Morgan fingerprint density at radius 2 is 1.26 bits per heavy atom. The predicted octanol–water partition coefficient (Wildman–Crippen LogP) is 4.09. The lowest BCUT2D eigenvalue weighted by Gasteiger charge is -2.32. The van der Waals surface area contributed by atoms with Crippen LogP contribution in [0.15, 0.2) is 30.3 Å². The molecule has 0 aromatic heterocycles. The molecule has 1 aromatic carbocycles. The lowest BCUT2D eigenvalue weighted by atomic mass is 10.1. The molecule has 0 saturated carbocycles. The van der Waals surface area contributed by atoms with Crippen LogP contribution in [0.5, 0.6) is 5.75 Å². The fourth-order valence-electron chi connectivity index (χ4n) is 1.07. The molecule has 3 nitrogen and oxygen atoms in total.